The van der Waals surface area contributed by atoms with Crippen LogP contribution in [0, 0.1) is 13.8 Å². The van der Waals surface area contributed by atoms with Crippen molar-refractivity contribution in [3.8, 4) is 0 Å². The van der Waals surface area contributed by atoms with Crippen molar-refractivity contribution < 1.29 is 60.7 Å². The summed E-state index contributed by atoms with van der Waals surface area (Å²) in [6, 6.07) is 8.20. The number of hydrogen-bond acceptors (Lipinski definition) is 14. The number of aliphatic hydroxyl groups is 10. The number of carbonyl (C=O) groups excluding carboxylic acids is 2. The van der Waals surface area contributed by atoms with E-state index in [9.17, 15) is 50.4 Å². The van der Waals surface area contributed by atoms with Gasteiger partial charge in [0.1, 0.15) is 36.6 Å². The normalized spacial score (nSPS) is 16.3. The molecule has 0 unspecified atom stereocenters. The van der Waals surface area contributed by atoms with Gasteiger partial charge in [-0.1, -0.05) is 27.7 Å². The summed E-state index contributed by atoms with van der Waals surface area (Å²) in [4.78, 5) is 48.3. The fourth-order valence-corrected chi connectivity index (χ4v) is 10.0. The second-order valence-electron chi connectivity index (χ2n) is 19.1. The summed E-state index contributed by atoms with van der Waals surface area (Å²) in [5.41, 5.74) is 17.9. The zero-order valence-electron chi connectivity index (χ0n) is 43.1. The largest absolute Gasteiger partial charge is 0.394 e. The second kappa shape index (κ2) is 24.6. The highest BCUT2D eigenvalue weighted by Crippen LogP contribution is 2.40. The Morgan fingerprint density at radius 1 is 0.479 bits per heavy atom. The number of nitrogens with zero attached hydrogens (tertiary/aromatic N) is 2. The van der Waals surface area contributed by atoms with Crippen LogP contribution in [-0.4, -0.2) is 163 Å². The molecule has 0 saturated carbocycles. The van der Waals surface area contributed by atoms with Crippen LogP contribution < -0.4 is 10.6 Å². The van der Waals surface area contributed by atoms with E-state index in [1.54, 1.807) is 0 Å². The number of aromatic nitrogens is 5. The number of H-pyrrole nitrogens is 3. The van der Waals surface area contributed by atoms with E-state index >= 15 is 0 Å². The lowest BCUT2D eigenvalue weighted by Gasteiger charge is -2.25. The van der Waals surface area contributed by atoms with E-state index in [2.05, 4.69) is 79.3 Å². The summed E-state index contributed by atoms with van der Waals surface area (Å²) < 4.78 is 0. The summed E-state index contributed by atoms with van der Waals surface area (Å²) in [5, 5.41) is 105. The quantitative estimate of drug-likeness (QED) is 0.0539. The van der Waals surface area contributed by atoms with E-state index in [4.69, 9.17) is 20.2 Å². The molecule has 0 fully saturated rings. The van der Waals surface area contributed by atoms with Gasteiger partial charge in [-0.15, -0.1) is 0 Å². The molecular formula is C54H75N7O12. The molecule has 2 aliphatic heterocycles. The molecule has 2 amide bonds. The number of nitrogens with one attached hydrogen (secondary N) is 5. The van der Waals surface area contributed by atoms with E-state index in [0.717, 1.165) is 112 Å². The highest BCUT2D eigenvalue weighted by atomic mass is 16.4. The van der Waals surface area contributed by atoms with Gasteiger partial charge in [0.25, 0.3) is 0 Å². The summed E-state index contributed by atoms with van der Waals surface area (Å²) in [5.74, 6) is -0.846. The van der Waals surface area contributed by atoms with E-state index in [1.165, 1.54) is 0 Å². The van der Waals surface area contributed by atoms with E-state index < -0.39 is 86.9 Å². The minimum Gasteiger partial charge on any atom is -0.394 e. The Morgan fingerprint density at radius 3 is 1.14 bits per heavy atom. The molecule has 6 heterocycles. The lowest BCUT2D eigenvalue weighted by molar-refractivity contribution is -0.126. The molecule has 4 aromatic heterocycles. The molecule has 4 aromatic rings. The van der Waals surface area contributed by atoms with Gasteiger partial charge in [0, 0.05) is 59.0 Å². The molecule has 15 N–H and O–H groups in total. The lowest BCUT2D eigenvalue weighted by Crippen LogP contribution is -2.49. The third kappa shape index (κ3) is 12.2. The smallest absolute Gasteiger partial charge is 0.220 e. The molecule has 2 aliphatic rings. The molecule has 19 nitrogen and oxygen atoms in total. The maximum absolute atomic E-state index is 13.3. The number of allylic oxidation sites excluding steroid dienone is 4. The van der Waals surface area contributed by atoms with Crippen LogP contribution in [0.2, 0.25) is 0 Å². The van der Waals surface area contributed by atoms with Crippen LogP contribution in [0.15, 0.2) is 24.3 Å². The summed E-state index contributed by atoms with van der Waals surface area (Å²) in [6.07, 6.45) is -10.5. The van der Waals surface area contributed by atoms with Crippen molar-refractivity contribution in [1.82, 2.24) is 35.6 Å². The predicted octanol–water partition coefficient (Wildman–Crippen LogP) is 2.75. The second-order valence-corrected chi connectivity index (χ2v) is 19.1. The first-order chi connectivity index (χ1) is 34.7. The van der Waals surface area contributed by atoms with Gasteiger partial charge in [0.05, 0.1) is 48.2 Å². The van der Waals surface area contributed by atoms with E-state index in [0.29, 0.717) is 25.7 Å². The summed E-state index contributed by atoms with van der Waals surface area (Å²) in [6.45, 7) is 14.0. The average molecular weight is 1010 g/mol. The number of amides is 2. The number of fused-ring (bicyclic) bond motifs is 11. The predicted molar refractivity (Wildman–Crippen MR) is 280 cm³/mol. The van der Waals surface area contributed by atoms with Crippen LogP contribution in [0.25, 0.3) is 55.4 Å². The number of carbonyl (C=O) groups is 2. The SMILES string of the molecule is CCC1=C(C)c2nc1cc1[nH]c(cc3[nH]c(cc4[nH]c(cc5nc2C(C)=C5CC)c(C)c4CCC(=O)NC[C@@H](O)[C@@H](O)[C@H](O)[C@@H](O)CO)c(CC)c3CC)c(CCC(=O)NC[C@@H](O)[C@@H](O)[C@H](O)[C@@H](O)CO)c1C. The Kier molecular flexibility index (Phi) is 19.1. The standard InChI is InChI=1S/C54H75N7O12/c1-9-29-27(7)49-50-28(8)30(10-2)38(61-50)18-36-26(6)34(14-16-48(69)56-22-44(65)52(71)54(73)46(67)24-63)42(58-36)20-40-32(12-4)31(11-3)39(59-40)19-41-33(25(5)35(57-41)17-37(29)60-49)13-15-47(68)55-21-43(64)51(70)53(72)45(66)23-62/h17-20,43-46,51-54,57-59,62-67,70-73H,9-16,21-24H2,1-8H3,(H,55,68)(H,56,69)/t43-,44-,45+,46+,51-,52-,53-,54-/m1/s1. The number of aliphatic hydroxyl groups excluding tert-OH is 10. The summed E-state index contributed by atoms with van der Waals surface area (Å²) in [7, 11) is 0. The van der Waals surface area contributed by atoms with Crippen molar-refractivity contribution in [2.24, 2.45) is 0 Å². The summed E-state index contributed by atoms with van der Waals surface area (Å²) >= 11 is 0. The third-order valence-corrected chi connectivity index (χ3v) is 14.5. The number of hydrogen-bond donors (Lipinski definition) is 15. The molecule has 10 bridgehead atoms. The van der Waals surface area contributed by atoms with Gasteiger partial charge in [0.15, 0.2) is 0 Å². The number of rotatable bonds is 22. The van der Waals surface area contributed by atoms with Crippen LogP contribution >= 0.6 is 0 Å². The molecular weight excluding hydrogens is 939 g/mol. The first-order valence-corrected chi connectivity index (χ1v) is 25.3. The molecule has 73 heavy (non-hydrogen) atoms. The monoisotopic (exact) mass is 1010 g/mol. The van der Waals surface area contributed by atoms with Crippen molar-refractivity contribution >= 4 is 67.2 Å². The number of aromatic amines is 3. The van der Waals surface area contributed by atoms with Crippen molar-refractivity contribution in [1.29, 1.82) is 0 Å². The minimum atomic E-state index is -1.82. The average Bonchev–Trinajstić information content (AvgIpc) is 4.14. The Labute approximate surface area is 424 Å². The third-order valence-electron chi connectivity index (χ3n) is 14.5. The van der Waals surface area contributed by atoms with Crippen LogP contribution in [-0.2, 0) is 35.3 Å². The molecule has 0 aliphatic carbocycles. The highest BCUT2D eigenvalue weighted by Gasteiger charge is 2.32. The fraction of sp³-hybridized carbons (Fsp3) is 0.519. The number of aryl methyl sites for hydroxylation is 6. The maximum atomic E-state index is 13.3. The Balaban J connectivity index is 1.52. The van der Waals surface area contributed by atoms with Gasteiger partial charge in [-0.25, -0.2) is 9.97 Å². The van der Waals surface area contributed by atoms with E-state index in [1.807, 2.05) is 26.0 Å². The fourth-order valence-electron chi connectivity index (χ4n) is 10.0. The first kappa shape index (κ1) is 56.7. The van der Waals surface area contributed by atoms with Crippen LogP contribution in [0.5, 0.6) is 0 Å². The zero-order valence-corrected chi connectivity index (χ0v) is 43.1. The minimum absolute atomic E-state index is 0.00305. The molecule has 398 valence electrons. The van der Waals surface area contributed by atoms with Gasteiger partial charge in [-0.3, -0.25) is 9.59 Å². The van der Waals surface area contributed by atoms with Crippen LogP contribution in [0.4, 0.5) is 0 Å². The molecule has 0 aromatic carbocycles. The van der Waals surface area contributed by atoms with Gasteiger partial charge < -0.3 is 76.7 Å². The first-order valence-electron chi connectivity index (χ1n) is 25.3. The molecule has 0 spiro atoms. The van der Waals surface area contributed by atoms with Gasteiger partial charge >= 0.3 is 0 Å². The van der Waals surface area contributed by atoms with E-state index in [-0.39, 0.29) is 25.7 Å². The molecule has 19 heteroatoms. The Bertz CT molecular complexity index is 2740. The van der Waals surface area contributed by atoms with Gasteiger partial charge in [-0.05, 0) is 146 Å². The van der Waals surface area contributed by atoms with Gasteiger partial charge in [-0.2, -0.15) is 0 Å². The van der Waals surface area contributed by atoms with Crippen molar-refractivity contribution in [2.45, 2.75) is 156 Å². The zero-order chi connectivity index (χ0) is 53.6. The molecule has 6 rings (SSSR count). The molecule has 8 atom stereocenters. The maximum Gasteiger partial charge on any atom is 0.220 e. The topological polar surface area (TPSA) is 334 Å². The van der Waals surface area contributed by atoms with Crippen molar-refractivity contribution in [2.75, 3.05) is 26.3 Å². The lowest BCUT2D eigenvalue weighted by atomic mass is 9.99. The molecule has 0 saturated heterocycles. The van der Waals surface area contributed by atoms with Crippen molar-refractivity contribution in [3.05, 3.63) is 80.4 Å². The van der Waals surface area contributed by atoms with Crippen LogP contribution in [0.1, 0.15) is 123 Å². The highest BCUT2D eigenvalue weighted by molar-refractivity contribution is 6.00. The van der Waals surface area contributed by atoms with Crippen LogP contribution in [0.3, 0.4) is 0 Å². The Hall–Kier alpha value is -5.58. The van der Waals surface area contributed by atoms with Crippen molar-refractivity contribution in [3.63, 3.8) is 0 Å². The van der Waals surface area contributed by atoms with Gasteiger partial charge in [0.2, 0.25) is 11.8 Å². The molecule has 0 radical (unpaired) electrons. The Morgan fingerprint density at radius 2 is 0.808 bits per heavy atom.